The molecule has 1 atom stereocenters. The molecule has 0 radical (unpaired) electrons. The Morgan fingerprint density at radius 1 is 0.667 bits per heavy atom. The maximum absolute atomic E-state index is 12.5. The molecule has 0 amide bonds. The quantitative estimate of drug-likeness (QED) is 0.139. The molecular weight excluding hydrogens is 781 g/mol. The van der Waals surface area contributed by atoms with E-state index in [0.717, 1.165) is 48.5 Å². The van der Waals surface area contributed by atoms with Crippen LogP contribution >= 0.6 is 0 Å². The summed E-state index contributed by atoms with van der Waals surface area (Å²) in [5, 5.41) is 5.46. The molecule has 270 valence electrons. The van der Waals surface area contributed by atoms with Crippen LogP contribution in [0.25, 0.3) is 21.5 Å². The maximum atomic E-state index is 12.5. The molecule has 0 nitrogen and oxygen atoms in total. The molecule has 0 saturated carbocycles. The van der Waals surface area contributed by atoms with Crippen molar-refractivity contribution in [2.75, 3.05) is 0 Å². The number of halogens is 8. The summed E-state index contributed by atoms with van der Waals surface area (Å²) in [7, 11) is 0. The zero-order valence-corrected chi connectivity index (χ0v) is 33.5. The van der Waals surface area contributed by atoms with Crippen molar-refractivity contribution in [3.63, 3.8) is 0 Å². The van der Waals surface area contributed by atoms with E-state index >= 15 is 0 Å². The van der Waals surface area contributed by atoms with E-state index in [1.165, 1.54) is 62.5 Å². The van der Waals surface area contributed by atoms with Crippen LogP contribution in [0, 0.1) is 37.2 Å². The second kappa shape index (κ2) is 17.8. The SMILES string of the molecule is CC(C)C1[C-]=CC(C(C)(C)C)=C1.Cc1ccc2c(c1)[cH-]c1cc(C)ccc12.FC(F)(F)c1ccc([C](=[Zr+2])c2ccc(C(F)(F)F)cc2)cc1.[Cl-].[Cl-]. The first-order valence-corrected chi connectivity index (χ1v) is 17.3. The van der Waals surface area contributed by atoms with Crippen molar-refractivity contribution in [2.45, 2.75) is 60.8 Å². The summed E-state index contributed by atoms with van der Waals surface area (Å²) in [5.74, 6) is 1.22. The second-order valence-corrected chi connectivity index (χ2v) is 15.0. The number of alkyl halides is 6. The third-order valence-electron chi connectivity index (χ3n) is 8.39. The summed E-state index contributed by atoms with van der Waals surface area (Å²) in [4.78, 5) is 0. The zero-order chi connectivity index (χ0) is 36.3. The molecule has 1 aliphatic carbocycles. The van der Waals surface area contributed by atoms with Gasteiger partial charge in [0, 0.05) is 0 Å². The molecule has 0 fully saturated rings. The average molecular weight is 821 g/mol. The third kappa shape index (κ3) is 11.8. The fourth-order valence-electron chi connectivity index (χ4n) is 5.41. The van der Waals surface area contributed by atoms with Gasteiger partial charge in [0.15, 0.2) is 0 Å². The van der Waals surface area contributed by atoms with Gasteiger partial charge in [-0.15, -0.1) is 39.7 Å². The third-order valence-corrected chi connectivity index (χ3v) is 9.81. The van der Waals surface area contributed by atoms with Gasteiger partial charge in [-0.25, -0.2) is 6.08 Å². The number of benzene rings is 4. The van der Waals surface area contributed by atoms with Crippen LogP contribution in [-0.2, 0) is 36.6 Å². The molecule has 0 N–H and O–H groups in total. The monoisotopic (exact) mass is 818 g/mol. The van der Waals surface area contributed by atoms with Gasteiger partial charge in [-0.3, -0.25) is 6.08 Å². The first-order chi connectivity index (χ1) is 22.7. The Morgan fingerprint density at radius 3 is 1.35 bits per heavy atom. The van der Waals surface area contributed by atoms with Gasteiger partial charge >= 0.3 is 137 Å². The summed E-state index contributed by atoms with van der Waals surface area (Å²) in [6, 6.07) is 24.7. The Hall–Kier alpha value is -2.86. The standard InChI is InChI=1S/C15H8F6.C15H13.C12H19.2ClH.Zr/c16-14(17,18)12-5-1-10(2-6-12)9-11-3-7-13(8-4-11)15(19,20)21;1-10-3-5-14-12(7-10)9-13-8-11(2)4-6-15(13)14;1-9(2)10-6-7-11(8-10)12(3,4)5;;;/h1-8H;3-9H,1-2H3;7-10H,1-5H3;2*1H;/q;2*-1;;;+2/p-2. The van der Waals surface area contributed by atoms with E-state index in [1.807, 2.05) is 0 Å². The molecule has 5 aromatic rings. The van der Waals surface area contributed by atoms with E-state index in [9.17, 15) is 26.3 Å². The van der Waals surface area contributed by atoms with Crippen molar-refractivity contribution in [1.82, 2.24) is 0 Å². The molecule has 0 heterocycles. The van der Waals surface area contributed by atoms with Gasteiger partial charge in [0.05, 0.1) is 0 Å². The number of hydrogen-bond acceptors (Lipinski definition) is 0. The molecule has 0 bridgehead atoms. The summed E-state index contributed by atoms with van der Waals surface area (Å²) < 4.78 is 75.6. The van der Waals surface area contributed by atoms with Crippen LogP contribution in [0.5, 0.6) is 0 Å². The Bertz CT molecular complexity index is 1860. The van der Waals surface area contributed by atoms with Gasteiger partial charge in [-0.1, -0.05) is 87.3 Å². The van der Waals surface area contributed by atoms with Gasteiger partial charge in [-0.05, 0) is 13.8 Å². The molecule has 0 saturated heterocycles. The maximum Gasteiger partial charge on any atom is -1.00 e. The van der Waals surface area contributed by atoms with Gasteiger partial charge in [0.2, 0.25) is 0 Å². The molecule has 9 heteroatoms. The Kier molecular flexibility index (Phi) is 15.4. The first kappa shape index (κ1) is 44.3. The predicted molar refractivity (Wildman–Crippen MR) is 186 cm³/mol. The van der Waals surface area contributed by atoms with E-state index in [1.54, 1.807) is 0 Å². The number of fused-ring (bicyclic) bond motifs is 3. The largest absolute Gasteiger partial charge is 1.00 e. The summed E-state index contributed by atoms with van der Waals surface area (Å²) >= 11 is 0.898. The summed E-state index contributed by atoms with van der Waals surface area (Å²) in [6.07, 6.45) is -0.913. The number of allylic oxidation sites excluding steroid dienone is 4. The van der Waals surface area contributed by atoms with Crippen LogP contribution in [0.15, 0.2) is 109 Å². The normalized spacial score (nSPS) is 14.2. The smallest absolute Gasteiger partial charge is 1.00 e. The van der Waals surface area contributed by atoms with Crippen LogP contribution in [0.2, 0.25) is 0 Å². The molecule has 0 aromatic heterocycles. The van der Waals surface area contributed by atoms with E-state index in [-0.39, 0.29) is 30.2 Å². The van der Waals surface area contributed by atoms with Crippen LogP contribution in [0.3, 0.4) is 0 Å². The molecule has 0 aliphatic heterocycles. The van der Waals surface area contributed by atoms with Crippen molar-refractivity contribution in [3.05, 3.63) is 148 Å². The van der Waals surface area contributed by atoms with Crippen LogP contribution in [0.4, 0.5) is 26.3 Å². The topological polar surface area (TPSA) is 0 Å². The Labute approximate surface area is 324 Å². The van der Waals surface area contributed by atoms with Crippen molar-refractivity contribution < 1.29 is 75.4 Å². The minimum atomic E-state index is -4.41. The molecule has 51 heavy (non-hydrogen) atoms. The number of hydrogen-bond donors (Lipinski definition) is 0. The molecule has 6 rings (SSSR count). The Balaban J connectivity index is 0.000000273. The van der Waals surface area contributed by atoms with Crippen LogP contribution in [-0.4, -0.2) is 3.21 Å². The van der Waals surface area contributed by atoms with Crippen LogP contribution < -0.4 is 24.8 Å². The van der Waals surface area contributed by atoms with Gasteiger partial charge < -0.3 is 24.8 Å². The van der Waals surface area contributed by atoms with Crippen LogP contribution in [0.1, 0.15) is 68.0 Å². The zero-order valence-electron chi connectivity index (χ0n) is 29.5. The number of aryl methyl sites for hydroxylation is 2. The summed E-state index contributed by atoms with van der Waals surface area (Å²) in [6.45, 7) is 15.5. The fraction of sp³-hybridized carbons (Fsp3) is 0.286. The van der Waals surface area contributed by atoms with E-state index in [4.69, 9.17) is 0 Å². The van der Waals surface area contributed by atoms with Gasteiger partial charge in [-0.2, -0.15) is 11.6 Å². The Morgan fingerprint density at radius 2 is 1.06 bits per heavy atom. The van der Waals surface area contributed by atoms with E-state index in [2.05, 4.69) is 109 Å². The van der Waals surface area contributed by atoms with Gasteiger partial charge in [0.25, 0.3) is 0 Å². The minimum absolute atomic E-state index is 0. The summed E-state index contributed by atoms with van der Waals surface area (Å²) in [5.41, 5.74) is 3.98. The van der Waals surface area contributed by atoms with Crippen molar-refractivity contribution in [3.8, 4) is 0 Å². The van der Waals surface area contributed by atoms with E-state index < -0.39 is 23.5 Å². The number of rotatable bonds is 3. The second-order valence-electron chi connectivity index (χ2n) is 13.8. The molecule has 5 aromatic carbocycles. The minimum Gasteiger partial charge on any atom is -1.00 e. The molecule has 0 spiro atoms. The average Bonchev–Trinajstić information content (AvgIpc) is 3.66. The predicted octanol–water partition coefficient (Wildman–Crippen LogP) is 6.78. The van der Waals surface area contributed by atoms with E-state index in [0.29, 0.717) is 26.2 Å². The van der Waals surface area contributed by atoms with Crippen molar-refractivity contribution in [2.24, 2.45) is 17.3 Å². The first-order valence-electron chi connectivity index (χ1n) is 16.1. The fourth-order valence-corrected chi connectivity index (χ4v) is 6.23. The molecule has 1 unspecified atom stereocenters. The van der Waals surface area contributed by atoms with Gasteiger partial charge in [0.1, 0.15) is 0 Å². The van der Waals surface area contributed by atoms with Crippen molar-refractivity contribution in [1.29, 1.82) is 0 Å². The molecular formula is C42H40Cl2F6Zr-2. The molecule has 1 aliphatic rings. The van der Waals surface area contributed by atoms with Crippen molar-refractivity contribution >= 4 is 24.8 Å².